The van der Waals surface area contributed by atoms with E-state index in [4.69, 9.17) is 18.9 Å². The van der Waals surface area contributed by atoms with Gasteiger partial charge in [-0.3, -0.25) is 0 Å². The predicted molar refractivity (Wildman–Crippen MR) is 159 cm³/mol. The van der Waals surface area contributed by atoms with Gasteiger partial charge in [-0.05, 0) is 49.1 Å². The molecule has 1 heterocycles. The van der Waals surface area contributed by atoms with Crippen molar-refractivity contribution in [3.63, 3.8) is 0 Å². The minimum atomic E-state index is -3.96. The monoisotopic (exact) mass is 607 g/mol. The zero-order valence-corrected chi connectivity index (χ0v) is 25.7. The van der Waals surface area contributed by atoms with Crippen LogP contribution in [0.1, 0.15) is 26.3 Å². The summed E-state index contributed by atoms with van der Waals surface area (Å²) in [6.45, 7) is 7.78. The van der Waals surface area contributed by atoms with Crippen molar-refractivity contribution >= 4 is 16.1 Å². The van der Waals surface area contributed by atoms with E-state index in [1.165, 1.54) is 23.5 Å². The van der Waals surface area contributed by atoms with Crippen LogP contribution in [0.3, 0.4) is 0 Å². The molecule has 0 saturated carbocycles. The lowest BCUT2D eigenvalue weighted by Gasteiger charge is -2.31. The molecule has 0 radical (unpaired) electrons. The number of hydrogen-bond donors (Lipinski definition) is 3. The number of ether oxygens (including phenoxy) is 4. The Morgan fingerprint density at radius 1 is 1.12 bits per heavy atom. The first-order valence-corrected chi connectivity index (χ1v) is 15.8. The molecule has 0 aliphatic carbocycles. The van der Waals surface area contributed by atoms with Gasteiger partial charge in [-0.15, -0.1) is 0 Å². The van der Waals surface area contributed by atoms with Crippen molar-refractivity contribution in [2.24, 2.45) is 5.92 Å². The molecule has 2 aromatic rings. The fourth-order valence-corrected chi connectivity index (χ4v) is 6.13. The molecule has 1 aliphatic heterocycles. The summed E-state index contributed by atoms with van der Waals surface area (Å²) in [5.74, 6) is 0.522. The number of amides is 1. The molecule has 3 rings (SSSR count). The molecule has 3 N–H and O–H groups in total. The van der Waals surface area contributed by atoms with Crippen LogP contribution in [0.5, 0.6) is 5.75 Å². The van der Waals surface area contributed by atoms with Crippen molar-refractivity contribution in [2.75, 3.05) is 53.1 Å². The molecule has 11 nitrogen and oxygen atoms in total. The van der Waals surface area contributed by atoms with Crippen LogP contribution in [0.25, 0.3) is 0 Å². The second kappa shape index (κ2) is 16.8. The van der Waals surface area contributed by atoms with Crippen LogP contribution in [0.2, 0.25) is 0 Å². The van der Waals surface area contributed by atoms with Gasteiger partial charge in [-0.2, -0.15) is 4.31 Å². The average Bonchev–Trinajstić information content (AvgIpc) is 2.97. The summed E-state index contributed by atoms with van der Waals surface area (Å²) in [5.41, 5.74) is 0.863. The van der Waals surface area contributed by atoms with Crippen LogP contribution in [0.15, 0.2) is 59.5 Å². The van der Waals surface area contributed by atoms with Crippen LogP contribution >= 0.6 is 0 Å². The topological polar surface area (TPSA) is 136 Å². The van der Waals surface area contributed by atoms with E-state index in [1.54, 1.807) is 12.1 Å². The number of methoxy groups -OCH3 is 1. The highest BCUT2D eigenvalue weighted by molar-refractivity contribution is 7.89. The molecule has 0 aromatic heterocycles. The first-order chi connectivity index (χ1) is 20.1. The van der Waals surface area contributed by atoms with Crippen LogP contribution in [0.4, 0.5) is 4.79 Å². The highest BCUT2D eigenvalue weighted by Gasteiger charge is 2.32. The number of aliphatic hydroxyl groups excluding tert-OH is 1. The number of nitrogens with one attached hydrogen (secondary N) is 2. The van der Waals surface area contributed by atoms with Crippen molar-refractivity contribution in [1.29, 1.82) is 0 Å². The lowest BCUT2D eigenvalue weighted by Crippen LogP contribution is -2.52. The third-order valence-corrected chi connectivity index (χ3v) is 8.57. The number of aliphatic hydroxyl groups is 1. The van der Waals surface area contributed by atoms with Crippen LogP contribution in [-0.2, 0) is 30.7 Å². The van der Waals surface area contributed by atoms with Crippen molar-refractivity contribution in [3.05, 3.63) is 60.2 Å². The summed E-state index contributed by atoms with van der Waals surface area (Å²) < 4.78 is 50.7. The number of alkyl carbamates (subject to hydrolysis) is 1. The maximum Gasteiger partial charge on any atom is 0.407 e. The molecule has 2 aromatic carbocycles. The van der Waals surface area contributed by atoms with Gasteiger partial charge in [0.05, 0.1) is 50.1 Å². The maximum absolute atomic E-state index is 13.6. The van der Waals surface area contributed by atoms with Crippen LogP contribution in [-0.4, -0.2) is 101 Å². The highest BCUT2D eigenvalue weighted by Crippen LogP contribution is 2.22. The van der Waals surface area contributed by atoms with E-state index < -0.39 is 34.4 Å². The molecule has 1 aliphatic rings. The fourth-order valence-electron chi connectivity index (χ4n) is 4.51. The van der Waals surface area contributed by atoms with Gasteiger partial charge in [0, 0.05) is 26.2 Å². The van der Waals surface area contributed by atoms with Gasteiger partial charge < -0.3 is 34.7 Å². The second-order valence-corrected chi connectivity index (χ2v) is 12.8. The summed E-state index contributed by atoms with van der Waals surface area (Å²) in [7, 11) is -2.45. The normalized spacial score (nSPS) is 20.1. The van der Waals surface area contributed by atoms with E-state index in [-0.39, 0.29) is 49.6 Å². The molecule has 4 atom stereocenters. The third-order valence-electron chi connectivity index (χ3n) is 6.72. The largest absolute Gasteiger partial charge is 0.497 e. The van der Waals surface area contributed by atoms with Crippen molar-refractivity contribution in [2.45, 2.75) is 56.4 Å². The molecule has 1 fully saturated rings. The molecular formula is C30H45N3O8S. The molecule has 1 amide bonds. The zero-order chi connectivity index (χ0) is 30.5. The quantitative estimate of drug-likeness (QED) is 0.332. The Bertz CT molecular complexity index is 1180. The maximum atomic E-state index is 13.6. The van der Waals surface area contributed by atoms with Crippen molar-refractivity contribution in [1.82, 2.24) is 14.9 Å². The third kappa shape index (κ3) is 10.8. The summed E-state index contributed by atoms with van der Waals surface area (Å²) in [6.07, 6.45) is -2.44. The zero-order valence-electron chi connectivity index (χ0n) is 24.9. The Kier molecular flexibility index (Phi) is 13.5. The molecule has 2 unspecified atom stereocenters. The smallest absolute Gasteiger partial charge is 0.407 e. The Labute approximate surface area is 249 Å². The van der Waals surface area contributed by atoms with Gasteiger partial charge >= 0.3 is 6.09 Å². The van der Waals surface area contributed by atoms with Crippen molar-refractivity contribution < 1.29 is 37.3 Å². The second-order valence-electron chi connectivity index (χ2n) is 10.8. The van der Waals surface area contributed by atoms with E-state index in [1.807, 2.05) is 51.1 Å². The fraction of sp³-hybridized carbons (Fsp3) is 0.567. The van der Waals surface area contributed by atoms with E-state index in [0.29, 0.717) is 25.4 Å². The summed E-state index contributed by atoms with van der Waals surface area (Å²) in [5, 5.41) is 17.4. The average molecular weight is 608 g/mol. The molecule has 42 heavy (non-hydrogen) atoms. The minimum Gasteiger partial charge on any atom is -0.497 e. The van der Waals surface area contributed by atoms with Crippen molar-refractivity contribution in [3.8, 4) is 5.75 Å². The van der Waals surface area contributed by atoms with Gasteiger partial charge in [-0.1, -0.05) is 44.2 Å². The molecule has 0 spiro atoms. The first-order valence-electron chi connectivity index (χ1n) is 14.3. The first kappa shape index (κ1) is 33.8. The number of nitrogens with zero attached hydrogens (tertiary/aromatic N) is 1. The Morgan fingerprint density at radius 3 is 2.50 bits per heavy atom. The number of sulfonamides is 1. The number of carbonyl (C=O) groups excluding carboxylic acids is 1. The minimum absolute atomic E-state index is 0.0130. The molecule has 234 valence electrons. The Morgan fingerprint density at radius 2 is 1.83 bits per heavy atom. The van der Waals surface area contributed by atoms with Gasteiger partial charge in [0.15, 0.2) is 6.10 Å². The lowest BCUT2D eigenvalue weighted by molar-refractivity contribution is -0.0530. The van der Waals surface area contributed by atoms with Gasteiger partial charge in [0.2, 0.25) is 10.0 Å². The molecule has 1 saturated heterocycles. The Hall–Kier alpha value is -2.74. The van der Waals surface area contributed by atoms with Gasteiger partial charge in [0.1, 0.15) is 5.75 Å². The van der Waals surface area contributed by atoms with E-state index >= 15 is 0 Å². The number of rotatable bonds is 12. The van der Waals surface area contributed by atoms with Gasteiger partial charge in [0.25, 0.3) is 0 Å². The highest BCUT2D eigenvalue weighted by atomic mass is 32.2. The summed E-state index contributed by atoms with van der Waals surface area (Å²) in [4.78, 5) is 13.2. The molecular weight excluding hydrogens is 562 g/mol. The van der Waals surface area contributed by atoms with E-state index in [9.17, 15) is 18.3 Å². The SMILES string of the molecule is COc1ccc(S(=O)(=O)N(CC(C)C)C[C@@H](O)[C@H](Cc2ccccc2)NC(=O)OC2COCCNCC(C)OC2)cc1. The van der Waals surface area contributed by atoms with Crippen LogP contribution < -0.4 is 15.4 Å². The number of hydrogen-bond acceptors (Lipinski definition) is 9. The Balaban J connectivity index is 1.77. The number of carbonyl (C=O) groups is 1. The van der Waals surface area contributed by atoms with E-state index in [2.05, 4.69) is 10.6 Å². The van der Waals surface area contributed by atoms with Gasteiger partial charge in [-0.25, -0.2) is 13.2 Å². The van der Waals surface area contributed by atoms with Crippen LogP contribution in [0, 0.1) is 5.92 Å². The lowest BCUT2D eigenvalue weighted by atomic mass is 10.0. The summed E-state index contributed by atoms with van der Waals surface area (Å²) in [6, 6.07) is 14.6. The van der Waals surface area contributed by atoms with E-state index in [0.717, 1.165) is 5.56 Å². The molecule has 12 heteroatoms. The predicted octanol–water partition coefficient (Wildman–Crippen LogP) is 2.43. The summed E-state index contributed by atoms with van der Waals surface area (Å²) >= 11 is 0. The number of benzene rings is 2. The molecule has 0 bridgehead atoms. The standard InChI is InChI=1S/C30H45N3O8S/c1-22(2)18-33(42(36,37)27-12-10-25(38-4)11-13-27)19-29(34)28(16-24-8-6-5-7-9-24)32-30(35)41-26-20-39-15-14-31-17-23(3)40-21-26/h5-13,22-23,26,28-29,31,34H,14-21H2,1-4H3,(H,32,35)/t23?,26?,28-,29+/m0/s1.